The number of carbonyl (C=O) groups is 1. The van der Waals surface area contributed by atoms with Crippen molar-refractivity contribution in [1.82, 2.24) is 10.3 Å². The van der Waals surface area contributed by atoms with E-state index in [1.807, 2.05) is 12.1 Å². The smallest absolute Gasteiger partial charge is 0.234 e. The summed E-state index contributed by atoms with van der Waals surface area (Å²) in [6, 6.07) is 3.69. The molecule has 0 fully saturated rings. The summed E-state index contributed by atoms with van der Waals surface area (Å²) in [6.45, 7) is 0.545. The van der Waals surface area contributed by atoms with E-state index in [0.717, 1.165) is 5.56 Å². The molecule has 1 aromatic rings. The van der Waals surface area contributed by atoms with Crippen molar-refractivity contribution in [3.8, 4) is 0 Å². The van der Waals surface area contributed by atoms with Crippen LogP contribution in [0.25, 0.3) is 0 Å². The minimum Gasteiger partial charge on any atom is -0.351 e. The lowest BCUT2D eigenvalue weighted by atomic mass is 10.3. The largest absolute Gasteiger partial charge is 0.351 e. The molecule has 0 bridgehead atoms. The number of pyridine rings is 1. The van der Waals surface area contributed by atoms with Crippen molar-refractivity contribution in [3.05, 3.63) is 30.1 Å². The van der Waals surface area contributed by atoms with Crippen molar-refractivity contribution in [3.63, 3.8) is 0 Å². The predicted molar refractivity (Wildman–Crippen MR) is 45.1 cm³/mol. The molecular formula is C8H11N3O. The molecule has 3 N–H and O–H groups in total. The SMILES string of the molecule is NCC(=O)NCc1ccncc1. The number of hydrogen-bond acceptors (Lipinski definition) is 3. The maximum atomic E-state index is 10.7. The van der Waals surface area contributed by atoms with Crippen LogP contribution >= 0.6 is 0 Å². The van der Waals surface area contributed by atoms with Crippen LogP contribution in [0.2, 0.25) is 0 Å². The molecule has 4 heteroatoms. The van der Waals surface area contributed by atoms with E-state index in [0.29, 0.717) is 6.54 Å². The van der Waals surface area contributed by atoms with Crippen molar-refractivity contribution in [2.24, 2.45) is 5.73 Å². The van der Waals surface area contributed by atoms with Crippen molar-refractivity contribution in [2.75, 3.05) is 6.54 Å². The van der Waals surface area contributed by atoms with Gasteiger partial charge < -0.3 is 11.1 Å². The van der Waals surface area contributed by atoms with Gasteiger partial charge in [-0.2, -0.15) is 0 Å². The Bertz CT molecular complexity index is 248. The van der Waals surface area contributed by atoms with Crippen molar-refractivity contribution >= 4 is 5.91 Å². The monoisotopic (exact) mass is 165 g/mol. The van der Waals surface area contributed by atoms with E-state index in [2.05, 4.69) is 10.3 Å². The third kappa shape index (κ3) is 2.67. The van der Waals surface area contributed by atoms with Crippen molar-refractivity contribution in [1.29, 1.82) is 0 Å². The fourth-order valence-electron chi connectivity index (χ4n) is 0.773. The van der Waals surface area contributed by atoms with Crippen LogP contribution < -0.4 is 11.1 Å². The molecule has 0 radical (unpaired) electrons. The fourth-order valence-corrected chi connectivity index (χ4v) is 0.773. The lowest BCUT2D eigenvalue weighted by molar-refractivity contribution is -0.119. The van der Waals surface area contributed by atoms with Crippen molar-refractivity contribution in [2.45, 2.75) is 6.54 Å². The second-order valence-corrected chi connectivity index (χ2v) is 2.34. The van der Waals surface area contributed by atoms with Crippen LogP contribution in [0.3, 0.4) is 0 Å². The number of amides is 1. The number of nitrogens with two attached hydrogens (primary N) is 1. The Morgan fingerprint density at radius 3 is 2.75 bits per heavy atom. The van der Waals surface area contributed by atoms with Gasteiger partial charge in [-0.1, -0.05) is 0 Å². The maximum absolute atomic E-state index is 10.7. The average molecular weight is 165 g/mol. The summed E-state index contributed by atoms with van der Waals surface area (Å²) in [5, 5.41) is 2.66. The summed E-state index contributed by atoms with van der Waals surface area (Å²) >= 11 is 0. The van der Waals surface area contributed by atoms with Gasteiger partial charge in [0.15, 0.2) is 0 Å². The summed E-state index contributed by atoms with van der Waals surface area (Å²) in [5.74, 6) is -0.146. The van der Waals surface area contributed by atoms with Gasteiger partial charge in [-0.3, -0.25) is 9.78 Å². The molecule has 12 heavy (non-hydrogen) atoms. The van der Waals surface area contributed by atoms with E-state index in [4.69, 9.17) is 5.73 Å². The topological polar surface area (TPSA) is 68.0 Å². The number of aromatic nitrogens is 1. The molecule has 0 aromatic carbocycles. The Morgan fingerprint density at radius 1 is 1.50 bits per heavy atom. The Balaban J connectivity index is 2.38. The van der Waals surface area contributed by atoms with Crippen LogP contribution in [0.1, 0.15) is 5.56 Å². The lowest BCUT2D eigenvalue weighted by Gasteiger charge is -2.01. The Labute approximate surface area is 70.8 Å². The zero-order valence-corrected chi connectivity index (χ0v) is 6.66. The zero-order valence-electron chi connectivity index (χ0n) is 6.66. The summed E-state index contributed by atoms with van der Waals surface area (Å²) in [5.41, 5.74) is 6.13. The van der Waals surface area contributed by atoms with Crippen LogP contribution in [0, 0.1) is 0 Å². The molecule has 0 aliphatic heterocycles. The van der Waals surface area contributed by atoms with Crippen LogP contribution in [0.4, 0.5) is 0 Å². The molecular weight excluding hydrogens is 154 g/mol. The zero-order chi connectivity index (χ0) is 8.81. The van der Waals surface area contributed by atoms with E-state index in [-0.39, 0.29) is 12.5 Å². The van der Waals surface area contributed by atoms with Gasteiger partial charge in [0.25, 0.3) is 0 Å². The van der Waals surface area contributed by atoms with E-state index in [1.165, 1.54) is 0 Å². The second kappa shape index (κ2) is 4.46. The first kappa shape index (κ1) is 8.67. The standard InChI is InChI=1S/C8H11N3O/c9-5-8(12)11-6-7-1-3-10-4-2-7/h1-4H,5-6,9H2,(H,11,12). The van der Waals surface area contributed by atoms with Gasteiger partial charge in [0.2, 0.25) is 5.91 Å². The van der Waals surface area contributed by atoms with Gasteiger partial charge in [0.1, 0.15) is 0 Å². The molecule has 0 spiro atoms. The number of nitrogens with zero attached hydrogens (tertiary/aromatic N) is 1. The average Bonchev–Trinajstić information content (AvgIpc) is 2.16. The Hall–Kier alpha value is -1.42. The predicted octanol–water partition coefficient (Wildman–Crippen LogP) is -0.343. The normalized spacial score (nSPS) is 9.42. The van der Waals surface area contributed by atoms with Gasteiger partial charge in [0, 0.05) is 18.9 Å². The molecule has 1 amide bonds. The summed E-state index contributed by atoms with van der Waals surface area (Å²) in [6.07, 6.45) is 3.37. The van der Waals surface area contributed by atoms with Crippen LogP contribution in [-0.4, -0.2) is 17.4 Å². The highest BCUT2D eigenvalue weighted by atomic mass is 16.1. The summed E-state index contributed by atoms with van der Waals surface area (Å²) < 4.78 is 0. The number of rotatable bonds is 3. The Morgan fingerprint density at radius 2 is 2.17 bits per heavy atom. The molecule has 0 atom stereocenters. The minimum absolute atomic E-state index is 0.0328. The third-order valence-corrected chi connectivity index (χ3v) is 1.42. The van der Waals surface area contributed by atoms with E-state index >= 15 is 0 Å². The molecule has 0 aliphatic rings. The van der Waals surface area contributed by atoms with Gasteiger partial charge >= 0.3 is 0 Å². The van der Waals surface area contributed by atoms with Crippen molar-refractivity contribution < 1.29 is 4.79 Å². The molecule has 0 saturated heterocycles. The summed E-state index contributed by atoms with van der Waals surface area (Å²) in [4.78, 5) is 14.6. The highest BCUT2D eigenvalue weighted by Crippen LogP contribution is 1.93. The highest BCUT2D eigenvalue weighted by Gasteiger charge is 1.95. The van der Waals surface area contributed by atoms with Gasteiger partial charge in [-0.05, 0) is 17.7 Å². The maximum Gasteiger partial charge on any atom is 0.234 e. The van der Waals surface area contributed by atoms with Crippen LogP contribution in [-0.2, 0) is 11.3 Å². The molecule has 64 valence electrons. The van der Waals surface area contributed by atoms with E-state index < -0.39 is 0 Å². The number of nitrogens with one attached hydrogen (secondary N) is 1. The molecule has 0 saturated carbocycles. The first-order valence-corrected chi connectivity index (χ1v) is 3.68. The second-order valence-electron chi connectivity index (χ2n) is 2.34. The fraction of sp³-hybridized carbons (Fsp3) is 0.250. The molecule has 1 rings (SSSR count). The molecule has 0 aliphatic carbocycles. The minimum atomic E-state index is -0.146. The van der Waals surface area contributed by atoms with E-state index in [1.54, 1.807) is 12.4 Å². The number of hydrogen-bond donors (Lipinski definition) is 2. The highest BCUT2D eigenvalue weighted by molar-refractivity contribution is 5.77. The molecule has 0 unspecified atom stereocenters. The number of carbonyl (C=O) groups excluding carboxylic acids is 1. The third-order valence-electron chi connectivity index (χ3n) is 1.42. The summed E-state index contributed by atoms with van der Waals surface area (Å²) in [7, 11) is 0. The van der Waals surface area contributed by atoms with Gasteiger partial charge in [0.05, 0.1) is 6.54 Å². The van der Waals surface area contributed by atoms with Gasteiger partial charge in [-0.15, -0.1) is 0 Å². The van der Waals surface area contributed by atoms with Crippen LogP contribution in [0.5, 0.6) is 0 Å². The van der Waals surface area contributed by atoms with Gasteiger partial charge in [-0.25, -0.2) is 0 Å². The first-order valence-electron chi connectivity index (χ1n) is 3.68. The molecule has 4 nitrogen and oxygen atoms in total. The first-order chi connectivity index (χ1) is 5.83. The quantitative estimate of drug-likeness (QED) is 0.643. The molecule has 1 aromatic heterocycles. The van der Waals surface area contributed by atoms with Crippen LogP contribution in [0.15, 0.2) is 24.5 Å². The van der Waals surface area contributed by atoms with E-state index in [9.17, 15) is 4.79 Å². The molecule has 1 heterocycles. The lowest BCUT2D eigenvalue weighted by Crippen LogP contribution is -2.29. The Kier molecular flexibility index (Phi) is 3.22.